The Hall–Kier alpha value is -1.31. The number of rotatable bonds is 4. The molecule has 0 saturated carbocycles. The van der Waals surface area contributed by atoms with Gasteiger partial charge in [-0.05, 0) is 62.6 Å². The van der Waals surface area contributed by atoms with E-state index in [0.29, 0.717) is 6.04 Å². The number of hydrogen-bond acceptors (Lipinski definition) is 1. The summed E-state index contributed by atoms with van der Waals surface area (Å²) >= 11 is 6.11. The van der Waals surface area contributed by atoms with Gasteiger partial charge in [0, 0.05) is 11.1 Å². The highest BCUT2D eigenvalue weighted by molar-refractivity contribution is 6.31. The molecular formula is C18H22ClN. The van der Waals surface area contributed by atoms with E-state index in [0.717, 1.165) is 17.0 Å². The molecule has 0 bridgehead atoms. The summed E-state index contributed by atoms with van der Waals surface area (Å²) in [6.45, 7) is 6.37. The van der Waals surface area contributed by atoms with E-state index in [1.54, 1.807) is 0 Å². The second-order valence-corrected chi connectivity index (χ2v) is 5.89. The van der Waals surface area contributed by atoms with E-state index in [4.69, 9.17) is 11.6 Å². The Morgan fingerprint density at radius 1 is 1.00 bits per heavy atom. The third kappa shape index (κ3) is 3.41. The minimum Gasteiger partial charge on any atom is -0.313 e. The van der Waals surface area contributed by atoms with Crippen molar-refractivity contribution in [3.8, 4) is 0 Å². The van der Waals surface area contributed by atoms with Crippen molar-refractivity contribution in [3.63, 3.8) is 0 Å². The molecule has 2 aromatic carbocycles. The van der Waals surface area contributed by atoms with Crippen LogP contribution in [0.5, 0.6) is 0 Å². The van der Waals surface area contributed by atoms with E-state index in [1.165, 1.54) is 22.3 Å². The van der Waals surface area contributed by atoms with Crippen LogP contribution in [0.3, 0.4) is 0 Å². The summed E-state index contributed by atoms with van der Waals surface area (Å²) < 4.78 is 0. The third-order valence-corrected chi connectivity index (χ3v) is 4.29. The summed E-state index contributed by atoms with van der Waals surface area (Å²) in [6.07, 6.45) is 0.991. The lowest BCUT2D eigenvalue weighted by molar-refractivity contribution is 0.590. The van der Waals surface area contributed by atoms with Gasteiger partial charge in [-0.3, -0.25) is 0 Å². The van der Waals surface area contributed by atoms with Crippen LogP contribution in [0.2, 0.25) is 5.02 Å². The fourth-order valence-corrected chi connectivity index (χ4v) is 2.63. The predicted molar refractivity (Wildman–Crippen MR) is 87.6 cm³/mol. The zero-order chi connectivity index (χ0) is 14.7. The van der Waals surface area contributed by atoms with E-state index >= 15 is 0 Å². The normalized spacial score (nSPS) is 12.4. The smallest absolute Gasteiger partial charge is 0.0435 e. The van der Waals surface area contributed by atoms with Crippen LogP contribution in [-0.2, 0) is 6.42 Å². The van der Waals surface area contributed by atoms with Gasteiger partial charge >= 0.3 is 0 Å². The number of likely N-dealkylation sites (N-methyl/N-ethyl adjacent to an activating group) is 1. The molecule has 0 saturated heterocycles. The van der Waals surface area contributed by atoms with Crippen molar-refractivity contribution in [2.45, 2.75) is 33.2 Å². The van der Waals surface area contributed by atoms with Crippen LogP contribution >= 0.6 is 11.6 Å². The SMILES string of the molecule is CNC(Cc1cc(C)ccc1C)c1ccc(Cl)c(C)c1. The maximum Gasteiger partial charge on any atom is 0.0435 e. The average Bonchev–Trinajstić information content (AvgIpc) is 2.43. The third-order valence-electron chi connectivity index (χ3n) is 3.86. The van der Waals surface area contributed by atoms with Crippen LogP contribution in [0.25, 0.3) is 0 Å². The molecule has 2 heteroatoms. The topological polar surface area (TPSA) is 12.0 Å². The molecule has 0 aliphatic carbocycles. The number of halogens is 1. The molecule has 106 valence electrons. The molecule has 2 aromatic rings. The van der Waals surface area contributed by atoms with Crippen LogP contribution < -0.4 is 5.32 Å². The molecule has 1 atom stereocenters. The Balaban J connectivity index is 2.28. The van der Waals surface area contributed by atoms with E-state index in [-0.39, 0.29) is 0 Å². The molecule has 0 aromatic heterocycles. The van der Waals surface area contributed by atoms with Gasteiger partial charge in [0.05, 0.1) is 0 Å². The number of nitrogens with one attached hydrogen (secondary N) is 1. The molecule has 0 amide bonds. The van der Waals surface area contributed by atoms with Crippen molar-refractivity contribution in [2.24, 2.45) is 0 Å². The Morgan fingerprint density at radius 2 is 1.75 bits per heavy atom. The van der Waals surface area contributed by atoms with Crippen molar-refractivity contribution in [3.05, 3.63) is 69.2 Å². The largest absolute Gasteiger partial charge is 0.313 e. The van der Waals surface area contributed by atoms with Crippen LogP contribution in [0, 0.1) is 20.8 Å². The molecule has 0 aliphatic heterocycles. The van der Waals surface area contributed by atoms with Gasteiger partial charge in [-0.15, -0.1) is 0 Å². The van der Waals surface area contributed by atoms with Crippen molar-refractivity contribution in [2.75, 3.05) is 7.05 Å². The van der Waals surface area contributed by atoms with E-state index < -0.39 is 0 Å². The molecule has 1 unspecified atom stereocenters. The molecule has 0 radical (unpaired) electrons. The number of benzene rings is 2. The minimum atomic E-state index is 0.312. The second-order valence-electron chi connectivity index (χ2n) is 5.48. The van der Waals surface area contributed by atoms with Gasteiger partial charge in [0.15, 0.2) is 0 Å². The Kier molecular flexibility index (Phi) is 4.85. The van der Waals surface area contributed by atoms with Crippen LogP contribution in [-0.4, -0.2) is 7.05 Å². The predicted octanol–water partition coefficient (Wildman–Crippen LogP) is 4.77. The van der Waals surface area contributed by atoms with Crippen molar-refractivity contribution >= 4 is 11.6 Å². The second kappa shape index (κ2) is 6.43. The average molecular weight is 288 g/mol. The first-order valence-corrected chi connectivity index (χ1v) is 7.38. The monoisotopic (exact) mass is 287 g/mol. The highest BCUT2D eigenvalue weighted by Crippen LogP contribution is 2.24. The maximum atomic E-state index is 6.11. The van der Waals surface area contributed by atoms with E-state index in [2.05, 4.69) is 56.4 Å². The highest BCUT2D eigenvalue weighted by Gasteiger charge is 2.12. The van der Waals surface area contributed by atoms with Gasteiger partial charge in [0.1, 0.15) is 0 Å². The van der Waals surface area contributed by atoms with Crippen molar-refractivity contribution < 1.29 is 0 Å². The quantitative estimate of drug-likeness (QED) is 0.854. The van der Waals surface area contributed by atoms with Gasteiger partial charge < -0.3 is 5.32 Å². The Bertz CT molecular complexity index is 604. The first kappa shape index (κ1) is 15.1. The maximum absolute atomic E-state index is 6.11. The van der Waals surface area contributed by atoms with Gasteiger partial charge in [0.25, 0.3) is 0 Å². The van der Waals surface area contributed by atoms with Crippen LogP contribution in [0.4, 0.5) is 0 Å². The molecule has 0 spiro atoms. The molecule has 0 aliphatic rings. The summed E-state index contributed by atoms with van der Waals surface area (Å²) in [5.74, 6) is 0. The lowest BCUT2D eigenvalue weighted by Gasteiger charge is -2.19. The molecule has 0 heterocycles. The van der Waals surface area contributed by atoms with Gasteiger partial charge in [-0.1, -0.05) is 47.5 Å². The molecule has 1 N–H and O–H groups in total. The van der Waals surface area contributed by atoms with E-state index in [1.807, 2.05) is 13.1 Å². The van der Waals surface area contributed by atoms with E-state index in [9.17, 15) is 0 Å². The Morgan fingerprint density at radius 3 is 2.40 bits per heavy atom. The lowest BCUT2D eigenvalue weighted by Crippen LogP contribution is -2.19. The fraction of sp³-hybridized carbons (Fsp3) is 0.333. The number of hydrogen-bond donors (Lipinski definition) is 1. The van der Waals surface area contributed by atoms with Gasteiger partial charge in [-0.2, -0.15) is 0 Å². The fourth-order valence-electron chi connectivity index (χ4n) is 2.51. The molecule has 2 rings (SSSR count). The summed E-state index contributed by atoms with van der Waals surface area (Å²) in [5, 5.41) is 4.25. The summed E-state index contributed by atoms with van der Waals surface area (Å²) in [6, 6.07) is 13.2. The number of aryl methyl sites for hydroxylation is 3. The van der Waals surface area contributed by atoms with Crippen molar-refractivity contribution in [1.82, 2.24) is 5.32 Å². The van der Waals surface area contributed by atoms with Crippen LogP contribution in [0.1, 0.15) is 33.9 Å². The zero-order valence-electron chi connectivity index (χ0n) is 12.6. The highest BCUT2D eigenvalue weighted by atomic mass is 35.5. The summed E-state index contributed by atoms with van der Waals surface area (Å²) in [7, 11) is 2.01. The Labute approximate surface area is 127 Å². The zero-order valence-corrected chi connectivity index (χ0v) is 13.4. The van der Waals surface area contributed by atoms with Crippen LogP contribution in [0.15, 0.2) is 36.4 Å². The lowest BCUT2D eigenvalue weighted by atomic mass is 9.94. The standard InChI is InChI=1S/C18H22ClN/c1-12-5-6-13(2)16(9-12)11-18(20-4)15-7-8-17(19)14(3)10-15/h5-10,18,20H,11H2,1-4H3. The molecule has 1 nitrogen and oxygen atoms in total. The summed E-state index contributed by atoms with van der Waals surface area (Å²) in [5.41, 5.74) is 6.48. The first-order valence-electron chi connectivity index (χ1n) is 7.00. The van der Waals surface area contributed by atoms with Crippen molar-refractivity contribution in [1.29, 1.82) is 0 Å². The summed E-state index contributed by atoms with van der Waals surface area (Å²) in [4.78, 5) is 0. The molecular weight excluding hydrogens is 266 g/mol. The first-order chi connectivity index (χ1) is 9.51. The molecule has 20 heavy (non-hydrogen) atoms. The van der Waals surface area contributed by atoms with Gasteiger partial charge in [-0.25, -0.2) is 0 Å². The van der Waals surface area contributed by atoms with Gasteiger partial charge in [0.2, 0.25) is 0 Å². The molecule has 0 fully saturated rings. The minimum absolute atomic E-state index is 0.312.